The van der Waals surface area contributed by atoms with Crippen LogP contribution in [0.25, 0.3) is 0 Å². The number of nitrogens with one attached hydrogen (secondary N) is 1. The fraction of sp³-hybridized carbons (Fsp3) is 0.533. The number of hydrogen-bond donors (Lipinski definition) is 1. The van der Waals surface area contributed by atoms with E-state index in [2.05, 4.69) is 34.2 Å². The van der Waals surface area contributed by atoms with Crippen LogP contribution in [0.1, 0.15) is 44.6 Å². The van der Waals surface area contributed by atoms with Gasteiger partial charge >= 0.3 is 0 Å². The molecule has 1 saturated carbocycles. The molecule has 96 valence electrons. The van der Waals surface area contributed by atoms with Crippen LogP contribution >= 0.6 is 15.9 Å². The van der Waals surface area contributed by atoms with Gasteiger partial charge < -0.3 is 5.32 Å². The smallest absolute Gasteiger partial charge is 0.100 e. The minimum absolute atomic E-state index is 0.486. The summed E-state index contributed by atoms with van der Waals surface area (Å²) in [7, 11) is 0. The Bertz CT molecular complexity index is 456. The van der Waals surface area contributed by atoms with Crippen molar-refractivity contribution in [2.24, 2.45) is 5.41 Å². The molecule has 1 aromatic carbocycles. The summed E-state index contributed by atoms with van der Waals surface area (Å²) in [5.41, 5.74) is 2.27. The number of hydrogen-bond acceptors (Lipinski definition) is 2. The Hall–Kier alpha value is -1.01. The van der Waals surface area contributed by atoms with E-state index >= 15 is 0 Å². The minimum Gasteiger partial charge on any atom is -0.384 e. The van der Waals surface area contributed by atoms with Crippen LogP contribution in [-0.4, -0.2) is 6.54 Å². The second-order valence-corrected chi connectivity index (χ2v) is 6.07. The molecular weight excluding hydrogens is 288 g/mol. The maximum absolute atomic E-state index is 8.89. The Morgan fingerprint density at radius 3 is 2.67 bits per heavy atom. The number of rotatable bonds is 4. The number of nitriles is 1. The molecule has 0 atom stereocenters. The van der Waals surface area contributed by atoms with Gasteiger partial charge in [-0.1, -0.05) is 19.8 Å². The Balaban J connectivity index is 2.02. The first kappa shape index (κ1) is 13.4. The Morgan fingerprint density at radius 2 is 2.11 bits per heavy atom. The number of nitrogens with zero attached hydrogens (tertiary/aromatic N) is 1. The van der Waals surface area contributed by atoms with Gasteiger partial charge in [-0.05, 0) is 58.8 Å². The van der Waals surface area contributed by atoms with Crippen LogP contribution in [0.4, 0.5) is 5.69 Å². The summed E-state index contributed by atoms with van der Waals surface area (Å²) >= 11 is 3.43. The van der Waals surface area contributed by atoms with Crippen molar-refractivity contribution in [3.05, 3.63) is 28.2 Å². The molecule has 0 heterocycles. The molecule has 1 fully saturated rings. The summed E-state index contributed by atoms with van der Waals surface area (Å²) in [6, 6.07) is 8.01. The summed E-state index contributed by atoms with van der Waals surface area (Å²) in [5.74, 6) is 0. The molecular formula is C15H19BrN2. The fourth-order valence-electron chi connectivity index (χ4n) is 2.79. The number of benzene rings is 1. The molecule has 1 N–H and O–H groups in total. The van der Waals surface area contributed by atoms with Crippen molar-refractivity contribution in [2.45, 2.75) is 39.0 Å². The first-order valence-electron chi connectivity index (χ1n) is 6.63. The molecule has 0 aromatic heterocycles. The van der Waals surface area contributed by atoms with E-state index in [1.165, 1.54) is 32.1 Å². The van der Waals surface area contributed by atoms with Gasteiger partial charge in [-0.25, -0.2) is 0 Å². The van der Waals surface area contributed by atoms with Gasteiger partial charge in [-0.2, -0.15) is 5.26 Å². The van der Waals surface area contributed by atoms with Gasteiger partial charge in [0, 0.05) is 16.7 Å². The van der Waals surface area contributed by atoms with Gasteiger partial charge in [0.2, 0.25) is 0 Å². The SMILES string of the molecule is CCC1(CNc2ccc(C#N)c(Br)c2)CCCC1. The highest BCUT2D eigenvalue weighted by Crippen LogP contribution is 2.41. The third kappa shape index (κ3) is 2.87. The molecule has 1 aliphatic rings. The topological polar surface area (TPSA) is 35.8 Å². The van der Waals surface area contributed by atoms with E-state index in [-0.39, 0.29) is 0 Å². The van der Waals surface area contributed by atoms with E-state index in [1.54, 1.807) is 0 Å². The molecule has 2 rings (SSSR count). The Morgan fingerprint density at radius 1 is 1.39 bits per heavy atom. The molecule has 0 amide bonds. The maximum atomic E-state index is 8.89. The average Bonchev–Trinajstić information content (AvgIpc) is 2.86. The molecule has 2 nitrogen and oxygen atoms in total. The molecule has 0 radical (unpaired) electrons. The number of halogens is 1. The van der Waals surface area contributed by atoms with Crippen molar-refractivity contribution in [1.82, 2.24) is 0 Å². The van der Waals surface area contributed by atoms with Gasteiger partial charge in [0.25, 0.3) is 0 Å². The van der Waals surface area contributed by atoms with Crippen LogP contribution in [-0.2, 0) is 0 Å². The Kier molecular flexibility index (Phi) is 4.29. The normalized spacial score (nSPS) is 17.4. The lowest BCUT2D eigenvalue weighted by Crippen LogP contribution is -2.25. The maximum Gasteiger partial charge on any atom is 0.100 e. The van der Waals surface area contributed by atoms with Crippen LogP contribution in [0.2, 0.25) is 0 Å². The summed E-state index contributed by atoms with van der Waals surface area (Å²) in [6.07, 6.45) is 6.67. The van der Waals surface area contributed by atoms with Crippen LogP contribution in [0, 0.1) is 16.7 Å². The van der Waals surface area contributed by atoms with Gasteiger partial charge in [0.05, 0.1) is 5.56 Å². The van der Waals surface area contributed by atoms with Crippen molar-refractivity contribution in [2.75, 3.05) is 11.9 Å². The highest BCUT2D eigenvalue weighted by molar-refractivity contribution is 9.10. The van der Waals surface area contributed by atoms with E-state index in [4.69, 9.17) is 5.26 Å². The molecule has 1 aromatic rings. The average molecular weight is 307 g/mol. The van der Waals surface area contributed by atoms with Gasteiger partial charge in [-0.15, -0.1) is 0 Å². The molecule has 0 spiro atoms. The predicted molar refractivity (Wildman–Crippen MR) is 78.5 cm³/mol. The van der Waals surface area contributed by atoms with Gasteiger partial charge in [0.1, 0.15) is 6.07 Å². The molecule has 0 aliphatic heterocycles. The lowest BCUT2D eigenvalue weighted by Gasteiger charge is -2.28. The largest absolute Gasteiger partial charge is 0.384 e. The lowest BCUT2D eigenvalue weighted by atomic mass is 9.83. The number of anilines is 1. The van der Waals surface area contributed by atoms with E-state index < -0.39 is 0 Å². The quantitative estimate of drug-likeness (QED) is 0.875. The second-order valence-electron chi connectivity index (χ2n) is 5.22. The van der Waals surface area contributed by atoms with Crippen LogP contribution in [0.5, 0.6) is 0 Å². The van der Waals surface area contributed by atoms with Gasteiger partial charge in [0.15, 0.2) is 0 Å². The zero-order valence-electron chi connectivity index (χ0n) is 10.8. The molecule has 0 unspecified atom stereocenters. The molecule has 1 aliphatic carbocycles. The van der Waals surface area contributed by atoms with E-state index in [9.17, 15) is 0 Å². The van der Waals surface area contributed by atoms with Crippen LogP contribution in [0.3, 0.4) is 0 Å². The summed E-state index contributed by atoms with van der Waals surface area (Å²) in [5, 5.41) is 12.4. The molecule has 0 saturated heterocycles. The van der Waals surface area contributed by atoms with E-state index in [0.29, 0.717) is 11.0 Å². The first-order chi connectivity index (χ1) is 8.69. The molecule has 18 heavy (non-hydrogen) atoms. The van der Waals surface area contributed by atoms with Crippen molar-refractivity contribution in [3.8, 4) is 6.07 Å². The van der Waals surface area contributed by atoms with E-state index in [0.717, 1.165) is 16.7 Å². The van der Waals surface area contributed by atoms with Gasteiger partial charge in [-0.3, -0.25) is 0 Å². The van der Waals surface area contributed by atoms with Crippen molar-refractivity contribution in [1.29, 1.82) is 5.26 Å². The summed E-state index contributed by atoms with van der Waals surface area (Å²) in [4.78, 5) is 0. The van der Waals surface area contributed by atoms with Crippen molar-refractivity contribution < 1.29 is 0 Å². The first-order valence-corrected chi connectivity index (χ1v) is 7.42. The van der Waals surface area contributed by atoms with E-state index in [1.807, 2.05) is 18.2 Å². The zero-order valence-corrected chi connectivity index (χ0v) is 12.4. The standard InChI is InChI=1S/C15H19BrN2/c1-2-15(7-3-4-8-15)11-18-13-6-5-12(10-17)14(16)9-13/h5-6,9,18H,2-4,7-8,11H2,1H3. The highest BCUT2D eigenvalue weighted by atomic mass is 79.9. The van der Waals surface area contributed by atoms with Crippen LogP contribution in [0.15, 0.2) is 22.7 Å². The molecule has 3 heteroatoms. The van der Waals surface area contributed by atoms with Crippen molar-refractivity contribution in [3.63, 3.8) is 0 Å². The van der Waals surface area contributed by atoms with Crippen molar-refractivity contribution >= 4 is 21.6 Å². The third-order valence-corrected chi connectivity index (χ3v) is 4.83. The summed E-state index contributed by atoms with van der Waals surface area (Å²) in [6.45, 7) is 3.34. The molecule has 0 bridgehead atoms. The highest BCUT2D eigenvalue weighted by Gasteiger charge is 2.31. The lowest BCUT2D eigenvalue weighted by molar-refractivity contribution is 0.307. The fourth-order valence-corrected chi connectivity index (χ4v) is 3.25. The van der Waals surface area contributed by atoms with Crippen LogP contribution < -0.4 is 5.32 Å². The zero-order chi connectivity index (χ0) is 13.0. The Labute approximate surface area is 118 Å². The third-order valence-electron chi connectivity index (χ3n) is 4.17. The predicted octanol–water partition coefficient (Wildman–Crippen LogP) is 4.70. The minimum atomic E-state index is 0.486. The monoisotopic (exact) mass is 306 g/mol. The summed E-state index contributed by atoms with van der Waals surface area (Å²) < 4.78 is 0.868. The second kappa shape index (κ2) is 5.75.